The van der Waals surface area contributed by atoms with Crippen LogP contribution in [0.4, 0.5) is 11.4 Å². The van der Waals surface area contributed by atoms with Gasteiger partial charge in [0.05, 0.1) is 5.92 Å². The van der Waals surface area contributed by atoms with E-state index in [1.165, 1.54) is 6.92 Å². The third-order valence-electron chi connectivity index (χ3n) is 4.60. The van der Waals surface area contributed by atoms with Crippen molar-refractivity contribution in [3.8, 4) is 0 Å². The maximum atomic E-state index is 12.6. The number of benzene rings is 2. The average Bonchev–Trinajstić information content (AvgIpc) is 3.01. The molecular weight excluding hydrogens is 378 g/mol. The van der Waals surface area contributed by atoms with Crippen LogP contribution in [0.25, 0.3) is 0 Å². The summed E-state index contributed by atoms with van der Waals surface area (Å²) in [6.07, 6.45) is 0.895. The van der Waals surface area contributed by atoms with Crippen molar-refractivity contribution >= 4 is 40.7 Å². The Morgan fingerprint density at radius 1 is 1.11 bits per heavy atom. The van der Waals surface area contributed by atoms with Gasteiger partial charge in [-0.1, -0.05) is 29.8 Å². The molecule has 3 amide bonds. The van der Waals surface area contributed by atoms with Crippen molar-refractivity contribution in [2.24, 2.45) is 5.92 Å². The molecule has 28 heavy (non-hydrogen) atoms. The first kappa shape index (κ1) is 19.9. The molecule has 1 heterocycles. The van der Waals surface area contributed by atoms with Crippen LogP contribution in [0, 0.1) is 5.92 Å². The number of halogens is 1. The van der Waals surface area contributed by atoms with Crippen LogP contribution in [-0.2, 0) is 20.8 Å². The Bertz CT molecular complexity index is 900. The number of nitrogens with one attached hydrogen (secondary N) is 2. The first-order chi connectivity index (χ1) is 13.4. The predicted molar refractivity (Wildman–Crippen MR) is 109 cm³/mol. The molecular formula is C21H22ClN3O3. The number of amides is 3. The highest BCUT2D eigenvalue weighted by molar-refractivity contribution is 6.30. The molecule has 2 aromatic carbocycles. The predicted octanol–water partition coefficient (Wildman–Crippen LogP) is 3.33. The summed E-state index contributed by atoms with van der Waals surface area (Å²) in [6, 6.07) is 14.5. The van der Waals surface area contributed by atoms with Gasteiger partial charge in [-0.25, -0.2) is 0 Å². The number of anilines is 2. The summed E-state index contributed by atoms with van der Waals surface area (Å²) < 4.78 is 0. The molecule has 1 saturated heterocycles. The van der Waals surface area contributed by atoms with Crippen LogP contribution in [-0.4, -0.2) is 35.7 Å². The molecule has 1 aliphatic rings. The zero-order chi connectivity index (χ0) is 20.1. The summed E-state index contributed by atoms with van der Waals surface area (Å²) >= 11 is 5.99. The van der Waals surface area contributed by atoms with Gasteiger partial charge in [-0.2, -0.15) is 0 Å². The Hall–Kier alpha value is -2.86. The minimum atomic E-state index is -0.392. The molecule has 146 valence electrons. The molecule has 0 aliphatic carbocycles. The fourth-order valence-corrected chi connectivity index (χ4v) is 3.46. The number of likely N-dealkylation sites (tertiary alicyclic amines) is 1. The van der Waals surface area contributed by atoms with Gasteiger partial charge in [-0.15, -0.1) is 0 Å². The van der Waals surface area contributed by atoms with Crippen molar-refractivity contribution in [2.45, 2.75) is 19.8 Å². The second-order valence-electron chi connectivity index (χ2n) is 6.87. The zero-order valence-electron chi connectivity index (χ0n) is 15.6. The van der Waals surface area contributed by atoms with Crippen molar-refractivity contribution in [2.75, 3.05) is 23.7 Å². The highest BCUT2D eigenvalue weighted by Crippen LogP contribution is 2.22. The van der Waals surface area contributed by atoms with Crippen LogP contribution in [0.3, 0.4) is 0 Å². The van der Waals surface area contributed by atoms with Gasteiger partial charge in [-0.3, -0.25) is 14.4 Å². The third kappa shape index (κ3) is 5.33. The van der Waals surface area contributed by atoms with Gasteiger partial charge < -0.3 is 15.5 Å². The molecule has 2 N–H and O–H groups in total. The molecule has 0 aromatic heterocycles. The molecule has 1 aliphatic heterocycles. The quantitative estimate of drug-likeness (QED) is 0.782. The van der Waals surface area contributed by atoms with E-state index in [1.54, 1.807) is 29.2 Å². The maximum absolute atomic E-state index is 12.6. The molecule has 0 bridgehead atoms. The first-order valence-corrected chi connectivity index (χ1v) is 9.49. The van der Waals surface area contributed by atoms with Crippen LogP contribution < -0.4 is 10.6 Å². The highest BCUT2D eigenvalue weighted by Gasteiger charge is 2.34. The molecule has 7 heteroatoms. The van der Waals surface area contributed by atoms with Crippen molar-refractivity contribution < 1.29 is 14.4 Å². The van der Waals surface area contributed by atoms with Gasteiger partial charge in [0, 0.05) is 42.8 Å². The van der Waals surface area contributed by atoms with E-state index in [2.05, 4.69) is 10.6 Å². The molecule has 1 unspecified atom stereocenters. The number of rotatable bonds is 6. The van der Waals surface area contributed by atoms with Crippen LogP contribution in [0.1, 0.15) is 18.9 Å². The lowest BCUT2D eigenvalue weighted by atomic mass is 10.1. The molecule has 3 rings (SSSR count). The lowest BCUT2D eigenvalue weighted by Gasteiger charge is -2.17. The van der Waals surface area contributed by atoms with E-state index < -0.39 is 5.92 Å². The molecule has 0 radical (unpaired) electrons. The average molecular weight is 400 g/mol. The smallest absolute Gasteiger partial charge is 0.229 e. The minimum Gasteiger partial charge on any atom is -0.342 e. The van der Waals surface area contributed by atoms with Crippen LogP contribution in [0.2, 0.25) is 5.02 Å². The van der Waals surface area contributed by atoms with Crippen molar-refractivity contribution in [3.63, 3.8) is 0 Å². The molecule has 1 fully saturated rings. The fraction of sp³-hybridized carbons (Fsp3) is 0.286. The number of carbonyl (C=O) groups excluding carboxylic acids is 3. The number of nitrogens with zero attached hydrogens (tertiary/aromatic N) is 1. The van der Waals surface area contributed by atoms with Crippen molar-refractivity contribution in [3.05, 3.63) is 59.1 Å². The van der Waals surface area contributed by atoms with Crippen molar-refractivity contribution in [1.29, 1.82) is 0 Å². The monoisotopic (exact) mass is 399 g/mol. The zero-order valence-corrected chi connectivity index (χ0v) is 16.3. The van der Waals surface area contributed by atoms with Gasteiger partial charge in [0.2, 0.25) is 17.7 Å². The number of carbonyl (C=O) groups is 3. The van der Waals surface area contributed by atoms with E-state index in [0.717, 1.165) is 5.56 Å². The third-order valence-corrected chi connectivity index (χ3v) is 4.83. The normalized spacial score (nSPS) is 16.1. The van der Waals surface area contributed by atoms with E-state index in [4.69, 9.17) is 11.6 Å². The van der Waals surface area contributed by atoms with Gasteiger partial charge in [0.1, 0.15) is 0 Å². The maximum Gasteiger partial charge on any atom is 0.229 e. The van der Waals surface area contributed by atoms with Crippen LogP contribution in [0.15, 0.2) is 48.5 Å². The van der Waals surface area contributed by atoms with E-state index in [-0.39, 0.29) is 24.1 Å². The summed E-state index contributed by atoms with van der Waals surface area (Å²) in [4.78, 5) is 37.7. The summed E-state index contributed by atoms with van der Waals surface area (Å²) in [5.74, 6) is -0.788. The second kappa shape index (κ2) is 8.89. The topological polar surface area (TPSA) is 78.5 Å². The largest absolute Gasteiger partial charge is 0.342 e. The van der Waals surface area contributed by atoms with E-state index in [0.29, 0.717) is 35.9 Å². The lowest BCUT2D eigenvalue weighted by Crippen LogP contribution is -2.30. The Kier molecular flexibility index (Phi) is 6.31. The van der Waals surface area contributed by atoms with E-state index in [9.17, 15) is 14.4 Å². The summed E-state index contributed by atoms with van der Waals surface area (Å²) in [6.45, 7) is 2.38. The van der Waals surface area contributed by atoms with Crippen LogP contribution in [0.5, 0.6) is 0 Å². The van der Waals surface area contributed by atoms with Gasteiger partial charge >= 0.3 is 0 Å². The minimum absolute atomic E-state index is 0.0193. The van der Waals surface area contributed by atoms with Gasteiger partial charge in [0.15, 0.2) is 0 Å². The van der Waals surface area contributed by atoms with Gasteiger partial charge in [0.25, 0.3) is 0 Å². The van der Waals surface area contributed by atoms with Crippen LogP contribution >= 0.6 is 11.6 Å². The Balaban J connectivity index is 1.55. The number of hydrogen-bond acceptors (Lipinski definition) is 3. The molecule has 0 spiro atoms. The van der Waals surface area contributed by atoms with E-state index >= 15 is 0 Å². The second-order valence-corrected chi connectivity index (χ2v) is 7.31. The molecule has 1 atom stereocenters. The molecule has 0 saturated carbocycles. The molecule has 2 aromatic rings. The van der Waals surface area contributed by atoms with Crippen molar-refractivity contribution in [1.82, 2.24) is 4.90 Å². The summed E-state index contributed by atoms with van der Waals surface area (Å²) in [5.41, 5.74) is 2.25. The SMILES string of the molecule is CC(=O)Nc1cccc(NC(=O)C2CC(=O)N(CCc3cccc(Cl)c3)C2)c1. The molecule has 6 nitrogen and oxygen atoms in total. The van der Waals surface area contributed by atoms with E-state index in [1.807, 2.05) is 24.3 Å². The lowest BCUT2D eigenvalue weighted by molar-refractivity contribution is -0.128. The Labute approximate surface area is 168 Å². The standard InChI is InChI=1S/C21H22ClN3O3/c1-14(26)23-18-6-3-7-19(12-18)24-21(28)16-11-20(27)25(13-16)9-8-15-4-2-5-17(22)10-15/h2-7,10,12,16H,8-9,11,13H2,1H3,(H,23,26)(H,24,28). The first-order valence-electron chi connectivity index (χ1n) is 9.11. The highest BCUT2D eigenvalue weighted by atomic mass is 35.5. The Morgan fingerprint density at radius 3 is 2.54 bits per heavy atom. The summed E-state index contributed by atoms with van der Waals surface area (Å²) in [7, 11) is 0. The summed E-state index contributed by atoms with van der Waals surface area (Å²) in [5, 5.41) is 6.18. The Morgan fingerprint density at radius 2 is 1.82 bits per heavy atom. The number of hydrogen-bond donors (Lipinski definition) is 2. The fourth-order valence-electron chi connectivity index (χ4n) is 3.24. The van der Waals surface area contributed by atoms with Gasteiger partial charge in [-0.05, 0) is 42.3 Å².